The fraction of sp³-hybridized carbons (Fsp3) is 0.769. The van der Waals surface area contributed by atoms with Crippen LogP contribution in [-0.2, 0) is 14.4 Å². The van der Waals surface area contributed by atoms with Gasteiger partial charge in [0.1, 0.15) is 0 Å². The van der Waals surface area contributed by atoms with Crippen LogP contribution in [0.5, 0.6) is 0 Å². The number of carbonyl (C=O) groups excluding carboxylic acids is 2. The van der Waals surface area contributed by atoms with Gasteiger partial charge in [0.05, 0.1) is 11.8 Å². The van der Waals surface area contributed by atoms with Crippen molar-refractivity contribution in [3.63, 3.8) is 0 Å². The SMILES string of the molecule is O=C1CCC2CN(C(=O)C3CC3C(=O)O)CCC2N1. The molecule has 104 valence electrons. The Labute approximate surface area is 111 Å². The van der Waals surface area contributed by atoms with E-state index in [-0.39, 0.29) is 23.8 Å². The van der Waals surface area contributed by atoms with E-state index in [0.717, 1.165) is 12.8 Å². The lowest BCUT2D eigenvalue weighted by atomic mass is 9.85. The van der Waals surface area contributed by atoms with Gasteiger partial charge in [-0.1, -0.05) is 0 Å². The minimum Gasteiger partial charge on any atom is -0.481 e. The minimum absolute atomic E-state index is 0.0113. The first kappa shape index (κ1) is 12.4. The maximum Gasteiger partial charge on any atom is 0.307 e. The first-order chi connectivity index (χ1) is 9.06. The van der Waals surface area contributed by atoms with Gasteiger partial charge < -0.3 is 15.3 Å². The van der Waals surface area contributed by atoms with Gasteiger partial charge in [-0.05, 0) is 25.2 Å². The molecular formula is C13H18N2O4. The van der Waals surface area contributed by atoms with Crippen molar-refractivity contribution in [2.45, 2.75) is 31.7 Å². The molecule has 0 aromatic rings. The highest BCUT2D eigenvalue weighted by molar-refractivity contribution is 5.89. The van der Waals surface area contributed by atoms with Gasteiger partial charge in [0, 0.05) is 25.6 Å². The van der Waals surface area contributed by atoms with E-state index in [1.165, 1.54) is 0 Å². The second-order valence-electron chi connectivity index (χ2n) is 5.83. The molecule has 2 aliphatic heterocycles. The average molecular weight is 266 g/mol. The third-order valence-corrected chi connectivity index (χ3v) is 4.56. The van der Waals surface area contributed by atoms with Crippen molar-refractivity contribution in [3.8, 4) is 0 Å². The second kappa shape index (κ2) is 4.51. The fourth-order valence-electron chi connectivity index (χ4n) is 3.29. The normalized spacial score (nSPS) is 37.3. The van der Waals surface area contributed by atoms with Crippen LogP contribution in [0.25, 0.3) is 0 Å². The lowest BCUT2D eigenvalue weighted by Crippen LogP contribution is -2.55. The van der Waals surface area contributed by atoms with Crippen molar-refractivity contribution in [1.29, 1.82) is 0 Å². The third-order valence-electron chi connectivity index (χ3n) is 4.56. The number of rotatable bonds is 2. The number of likely N-dealkylation sites (tertiary alicyclic amines) is 1. The molecule has 0 radical (unpaired) electrons. The number of carbonyl (C=O) groups is 3. The monoisotopic (exact) mass is 266 g/mol. The highest BCUT2D eigenvalue weighted by Gasteiger charge is 2.50. The quantitative estimate of drug-likeness (QED) is 0.726. The van der Waals surface area contributed by atoms with Crippen molar-refractivity contribution in [2.24, 2.45) is 17.8 Å². The lowest BCUT2D eigenvalue weighted by molar-refractivity contribution is -0.143. The van der Waals surface area contributed by atoms with E-state index in [2.05, 4.69) is 5.32 Å². The summed E-state index contributed by atoms with van der Waals surface area (Å²) in [6, 6.07) is 0.194. The number of hydrogen-bond acceptors (Lipinski definition) is 3. The molecule has 2 saturated heterocycles. The Morgan fingerprint density at radius 2 is 2.05 bits per heavy atom. The van der Waals surface area contributed by atoms with E-state index in [9.17, 15) is 14.4 Å². The molecule has 19 heavy (non-hydrogen) atoms. The second-order valence-corrected chi connectivity index (χ2v) is 5.83. The van der Waals surface area contributed by atoms with E-state index < -0.39 is 11.9 Å². The van der Waals surface area contributed by atoms with E-state index in [1.54, 1.807) is 4.90 Å². The van der Waals surface area contributed by atoms with Gasteiger partial charge >= 0.3 is 5.97 Å². The smallest absolute Gasteiger partial charge is 0.307 e. The van der Waals surface area contributed by atoms with Gasteiger partial charge in [0.25, 0.3) is 0 Å². The third kappa shape index (κ3) is 2.31. The maximum absolute atomic E-state index is 12.2. The Bertz CT molecular complexity index is 436. The number of aliphatic carboxylic acids is 1. The molecule has 3 rings (SSSR count). The van der Waals surface area contributed by atoms with Gasteiger partial charge in [-0.15, -0.1) is 0 Å². The number of fused-ring (bicyclic) bond motifs is 1. The molecule has 4 unspecified atom stereocenters. The molecule has 6 nitrogen and oxygen atoms in total. The van der Waals surface area contributed by atoms with Crippen LogP contribution in [-0.4, -0.2) is 46.9 Å². The van der Waals surface area contributed by atoms with E-state index >= 15 is 0 Å². The summed E-state index contributed by atoms with van der Waals surface area (Å²) in [5.74, 6) is -1.23. The molecule has 4 atom stereocenters. The molecule has 2 heterocycles. The number of nitrogens with one attached hydrogen (secondary N) is 1. The number of nitrogens with zero attached hydrogens (tertiary/aromatic N) is 1. The van der Waals surface area contributed by atoms with Crippen molar-refractivity contribution < 1.29 is 19.5 Å². The highest BCUT2D eigenvalue weighted by atomic mass is 16.4. The molecule has 3 aliphatic rings. The summed E-state index contributed by atoms with van der Waals surface area (Å²) in [6.45, 7) is 1.29. The Balaban J connectivity index is 1.58. The zero-order chi connectivity index (χ0) is 13.6. The summed E-state index contributed by atoms with van der Waals surface area (Å²) in [4.78, 5) is 36.1. The zero-order valence-corrected chi connectivity index (χ0v) is 10.7. The van der Waals surface area contributed by atoms with Crippen molar-refractivity contribution in [1.82, 2.24) is 10.2 Å². The number of amides is 2. The van der Waals surface area contributed by atoms with Crippen molar-refractivity contribution in [3.05, 3.63) is 0 Å². The van der Waals surface area contributed by atoms with Crippen molar-refractivity contribution >= 4 is 17.8 Å². The van der Waals surface area contributed by atoms with Crippen LogP contribution in [0.3, 0.4) is 0 Å². The molecule has 0 aromatic carbocycles. The minimum atomic E-state index is -0.863. The molecule has 2 N–H and O–H groups in total. The topological polar surface area (TPSA) is 86.7 Å². The molecule has 6 heteroatoms. The van der Waals surface area contributed by atoms with Gasteiger partial charge in [-0.25, -0.2) is 0 Å². The summed E-state index contributed by atoms with van der Waals surface area (Å²) in [5, 5.41) is 11.8. The van der Waals surface area contributed by atoms with E-state index in [1.807, 2.05) is 0 Å². The zero-order valence-electron chi connectivity index (χ0n) is 10.7. The van der Waals surface area contributed by atoms with E-state index in [4.69, 9.17) is 5.11 Å². The Morgan fingerprint density at radius 1 is 1.26 bits per heavy atom. The maximum atomic E-state index is 12.2. The molecule has 0 aromatic heterocycles. The molecule has 1 aliphatic carbocycles. The highest BCUT2D eigenvalue weighted by Crippen LogP contribution is 2.41. The van der Waals surface area contributed by atoms with Crippen LogP contribution < -0.4 is 5.32 Å². The van der Waals surface area contributed by atoms with Crippen LogP contribution in [0, 0.1) is 17.8 Å². The number of carboxylic acid groups (broad SMARTS) is 1. The fourth-order valence-corrected chi connectivity index (χ4v) is 3.29. The Morgan fingerprint density at radius 3 is 2.74 bits per heavy atom. The molecule has 1 saturated carbocycles. The van der Waals surface area contributed by atoms with Crippen LogP contribution in [0.2, 0.25) is 0 Å². The summed E-state index contributed by atoms with van der Waals surface area (Å²) in [7, 11) is 0. The van der Waals surface area contributed by atoms with Gasteiger partial charge in [-0.3, -0.25) is 14.4 Å². The molecule has 0 bridgehead atoms. The van der Waals surface area contributed by atoms with Crippen LogP contribution in [0.15, 0.2) is 0 Å². The lowest BCUT2D eigenvalue weighted by Gasteiger charge is -2.41. The summed E-state index contributed by atoms with van der Waals surface area (Å²) in [5.41, 5.74) is 0. The predicted octanol–water partition coefficient (Wildman–Crippen LogP) is -0.166. The van der Waals surface area contributed by atoms with Gasteiger partial charge in [-0.2, -0.15) is 0 Å². The summed E-state index contributed by atoms with van der Waals surface area (Å²) >= 11 is 0. The molecule has 0 spiro atoms. The van der Waals surface area contributed by atoms with Crippen molar-refractivity contribution in [2.75, 3.05) is 13.1 Å². The Kier molecular flexibility index (Phi) is 2.95. The summed E-state index contributed by atoms with van der Waals surface area (Å²) < 4.78 is 0. The van der Waals surface area contributed by atoms with E-state index in [0.29, 0.717) is 31.8 Å². The number of piperidine rings is 2. The van der Waals surface area contributed by atoms with Gasteiger partial charge in [0.2, 0.25) is 11.8 Å². The Hall–Kier alpha value is -1.59. The molecular weight excluding hydrogens is 248 g/mol. The van der Waals surface area contributed by atoms with Crippen LogP contribution >= 0.6 is 0 Å². The average Bonchev–Trinajstić information content (AvgIpc) is 3.17. The molecule has 3 fully saturated rings. The molecule has 2 amide bonds. The first-order valence-corrected chi connectivity index (χ1v) is 6.87. The van der Waals surface area contributed by atoms with Crippen LogP contribution in [0.1, 0.15) is 25.7 Å². The standard InChI is InChI=1S/C13H18N2O4/c16-11-2-1-7-6-15(4-3-10(7)14-11)12(17)8-5-9(8)13(18)19/h7-10H,1-6H2,(H,14,16)(H,18,19). The largest absolute Gasteiger partial charge is 0.481 e. The predicted molar refractivity (Wildman–Crippen MR) is 65.1 cm³/mol. The number of hydrogen-bond donors (Lipinski definition) is 2. The number of carboxylic acids is 1. The van der Waals surface area contributed by atoms with Crippen LogP contribution in [0.4, 0.5) is 0 Å². The van der Waals surface area contributed by atoms with Gasteiger partial charge in [0.15, 0.2) is 0 Å². The first-order valence-electron chi connectivity index (χ1n) is 6.87. The summed E-state index contributed by atoms with van der Waals surface area (Å²) in [6.07, 6.45) is 2.62.